The minimum Gasteiger partial charge on any atom is -0.352 e. The van der Waals surface area contributed by atoms with Crippen molar-refractivity contribution in [3.63, 3.8) is 0 Å². The second-order valence-corrected chi connectivity index (χ2v) is 4.71. The van der Waals surface area contributed by atoms with Crippen molar-refractivity contribution in [2.75, 3.05) is 11.4 Å². The van der Waals surface area contributed by atoms with Crippen LogP contribution in [0, 0.1) is 5.92 Å². The molecule has 0 radical (unpaired) electrons. The van der Waals surface area contributed by atoms with Crippen molar-refractivity contribution in [1.82, 2.24) is 9.97 Å². The Morgan fingerprint density at radius 1 is 1.36 bits per heavy atom. The summed E-state index contributed by atoms with van der Waals surface area (Å²) in [6.07, 6.45) is 4.84. The van der Waals surface area contributed by atoms with Crippen molar-refractivity contribution in [3.05, 3.63) is 17.0 Å². The third kappa shape index (κ3) is 1.75. The minimum atomic E-state index is 0.575. The molecule has 0 saturated carbocycles. The van der Waals surface area contributed by atoms with E-state index in [1.807, 2.05) is 6.20 Å². The van der Waals surface area contributed by atoms with E-state index in [0.29, 0.717) is 6.04 Å². The van der Waals surface area contributed by atoms with Crippen LogP contribution in [0.15, 0.2) is 17.0 Å². The summed E-state index contributed by atoms with van der Waals surface area (Å²) in [5.41, 5.74) is 0. The van der Waals surface area contributed by atoms with Gasteiger partial charge in [0.25, 0.3) is 0 Å². The van der Waals surface area contributed by atoms with Gasteiger partial charge in [-0.05, 0) is 35.2 Å². The van der Waals surface area contributed by atoms with Crippen molar-refractivity contribution < 1.29 is 0 Å². The number of aromatic nitrogens is 2. The van der Waals surface area contributed by atoms with Crippen molar-refractivity contribution >= 4 is 21.7 Å². The van der Waals surface area contributed by atoms with Crippen LogP contribution in [0.1, 0.15) is 20.3 Å². The molecule has 1 aromatic heterocycles. The lowest BCUT2D eigenvalue weighted by atomic mass is 10.1. The molecule has 4 heteroatoms. The number of nitrogens with zero attached hydrogens (tertiary/aromatic N) is 3. The van der Waals surface area contributed by atoms with Crippen molar-refractivity contribution in [2.24, 2.45) is 5.92 Å². The van der Waals surface area contributed by atoms with Gasteiger partial charge in [-0.1, -0.05) is 6.92 Å². The SMILES string of the molecule is CC1CCN(c2cnc(Br)cn2)C1C. The Balaban J connectivity index is 2.19. The quantitative estimate of drug-likeness (QED) is 0.772. The summed E-state index contributed by atoms with van der Waals surface area (Å²) in [6.45, 7) is 5.64. The Hall–Kier alpha value is -0.640. The van der Waals surface area contributed by atoms with E-state index in [-0.39, 0.29) is 0 Å². The molecule has 76 valence electrons. The zero-order valence-electron chi connectivity index (χ0n) is 8.44. The molecule has 1 aliphatic rings. The lowest BCUT2D eigenvalue weighted by Gasteiger charge is -2.23. The first-order valence-corrected chi connectivity index (χ1v) is 5.72. The molecule has 0 amide bonds. The average Bonchev–Trinajstić information content (AvgIpc) is 2.50. The van der Waals surface area contributed by atoms with Gasteiger partial charge in [-0.25, -0.2) is 9.97 Å². The Kier molecular flexibility index (Phi) is 2.72. The fourth-order valence-corrected chi connectivity index (χ4v) is 2.08. The van der Waals surface area contributed by atoms with Gasteiger partial charge in [0.2, 0.25) is 0 Å². The molecule has 0 aliphatic carbocycles. The van der Waals surface area contributed by atoms with Gasteiger partial charge >= 0.3 is 0 Å². The van der Waals surface area contributed by atoms with Crippen LogP contribution in [-0.4, -0.2) is 22.6 Å². The Labute approximate surface area is 92.7 Å². The van der Waals surface area contributed by atoms with Gasteiger partial charge in [0, 0.05) is 12.6 Å². The number of hydrogen-bond acceptors (Lipinski definition) is 3. The standard InChI is InChI=1S/C10H14BrN3/c1-7-3-4-14(8(7)2)10-6-12-9(11)5-13-10/h5-8H,3-4H2,1-2H3. The van der Waals surface area contributed by atoms with Gasteiger partial charge in [0.15, 0.2) is 0 Å². The predicted molar refractivity (Wildman–Crippen MR) is 60.3 cm³/mol. The maximum Gasteiger partial charge on any atom is 0.147 e. The van der Waals surface area contributed by atoms with Gasteiger partial charge < -0.3 is 4.90 Å². The number of rotatable bonds is 1. The molecule has 0 bridgehead atoms. The third-order valence-corrected chi connectivity index (χ3v) is 3.45. The van der Waals surface area contributed by atoms with Gasteiger partial charge in [0.1, 0.15) is 10.4 Å². The van der Waals surface area contributed by atoms with E-state index < -0.39 is 0 Å². The second kappa shape index (κ2) is 3.85. The van der Waals surface area contributed by atoms with E-state index >= 15 is 0 Å². The molecular weight excluding hydrogens is 242 g/mol. The molecule has 2 unspecified atom stereocenters. The molecular formula is C10H14BrN3. The average molecular weight is 256 g/mol. The van der Waals surface area contributed by atoms with Gasteiger partial charge in [-0.2, -0.15) is 0 Å². The highest BCUT2D eigenvalue weighted by Crippen LogP contribution is 2.27. The van der Waals surface area contributed by atoms with Crippen LogP contribution in [-0.2, 0) is 0 Å². The van der Waals surface area contributed by atoms with Crippen molar-refractivity contribution in [3.8, 4) is 0 Å². The van der Waals surface area contributed by atoms with E-state index in [0.717, 1.165) is 22.9 Å². The highest BCUT2D eigenvalue weighted by atomic mass is 79.9. The molecule has 0 spiro atoms. The summed E-state index contributed by atoms with van der Waals surface area (Å²) in [5, 5.41) is 0. The Bertz CT molecular complexity index is 312. The molecule has 2 atom stereocenters. The first-order valence-electron chi connectivity index (χ1n) is 4.92. The molecule has 14 heavy (non-hydrogen) atoms. The van der Waals surface area contributed by atoms with E-state index in [9.17, 15) is 0 Å². The maximum atomic E-state index is 4.36. The third-order valence-electron chi connectivity index (χ3n) is 3.04. The second-order valence-electron chi connectivity index (χ2n) is 3.90. The monoisotopic (exact) mass is 255 g/mol. The lowest BCUT2D eigenvalue weighted by molar-refractivity contribution is 0.544. The van der Waals surface area contributed by atoms with Gasteiger partial charge in [-0.15, -0.1) is 0 Å². The summed E-state index contributed by atoms with van der Waals surface area (Å²) < 4.78 is 0.793. The summed E-state index contributed by atoms with van der Waals surface area (Å²) in [6, 6.07) is 0.575. The zero-order chi connectivity index (χ0) is 10.1. The van der Waals surface area contributed by atoms with Crippen LogP contribution in [0.3, 0.4) is 0 Å². The lowest BCUT2D eigenvalue weighted by Crippen LogP contribution is -2.29. The molecule has 1 aromatic rings. The summed E-state index contributed by atoms with van der Waals surface area (Å²) in [7, 11) is 0. The maximum absolute atomic E-state index is 4.36. The van der Waals surface area contributed by atoms with E-state index in [4.69, 9.17) is 0 Å². The normalized spacial score (nSPS) is 26.9. The molecule has 0 aromatic carbocycles. The van der Waals surface area contributed by atoms with Crippen LogP contribution >= 0.6 is 15.9 Å². The van der Waals surface area contributed by atoms with Gasteiger partial charge in [0.05, 0.1) is 12.4 Å². The summed E-state index contributed by atoms with van der Waals surface area (Å²) >= 11 is 3.29. The van der Waals surface area contributed by atoms with Crippen LogP contribution < -0.4 is 4.90 Å². The van der Waals surface area contributed by atoms with E-state index in [1.165, 1.54) is 6.42 Å². The molecule has 1 fully saturated rings. The molecule has 1 saturated heterocycles. The van der Waals surface area contributed by atoms with Gasteiger partial charge in [-0.3, -0.25) is 0 Å². The summed E-state index contributed by atoms with van der Waals surface area (Å²) in [4.78, 5) is 10.9. The minimum absolute atomic E-state index is 0.575. The molecule has 1 aliphatic heterocycles. The van der Waals surface area contributed by atoms with Crippen LogP contribution in [0.5, 0.6) is 0 Å². The highest BCUT2D eigenvalue weighted by molar-refractivity contribution is 9.10. The van der Waals surface area contributed by atoms with E-state index in [2.05, 4.69) is 44.6 Å². The van der Waals surface area contributed by atoms with Crippen LogP contribution in [0.2, 0.25) is 0 Å². The van der Waals surface area contributed by atoms with Crippen molar-refractivity contribution in [1.29, 1.82) is 0 Å². The largest absolute Gasteiger partial charge is 0.352 e. The molecule has 0 N–H and O–H groups in total. The number of anilines is 1. The Morgan fingerprint density at radius 3 is 2.64 bits per heavy atom. The summed E-state index contributed by atoms with van der Waals surface area (Å²) in [5.74, 6) is 1.74. The zero-order valence-corrected chi connectivity index (χ0v) is 10.0. The first kappa shape index (κ1) is 9.90. The predicted octanol–water partition coefficient (Wildman–Crippen LogP) is 2.47. The van der Waals surface area contributed by atoms with E-state index in [1.54, 1.807) is 6.20 Å². The van der Waals surface area contributed by atoms with Crippen LogP contribution in [0.25, 0.3) is 0 Å². The first-order chi connectivity index (χ1) is 6.68. The fourth-order valence-electron chi connectivity index (χ4n) is 1.87. The smallest absolute Gasteiger partial charge is 0.147 e. The number of hydrogen-bond donors (Lipinski definition) is 0. The number of halogens is 1. The topological polar surface area (TPSA) is 29.0 Å². The Morgan fingerprint density at radius 2 is 2.14 bits per heavy atom. The molecule has 2 rings (SSSR count). The fraction of sp³-hybridized carbons (Fsp3) is 0.600. The van der Waals surface area contributed by atoms with Crippen LogP contribution in [0.4, 0.5) is 5.82 Å². The van der Waals surface area contributed by atoms with Crippen molar-refractivity contribution in [2.45, 2.75) is 26.3 Å². The highest BCUT2D eigenvalue weighted by Gasteiger charge is 2.28. The molecule has 2 heterocycles. The molecule has 3 nitrogen and oxygen atoms in total.